The van der Waals surface area contributed by atoms with E-state index in [4.69, 9.17) is 0 Å². The van der Waals surface area contributed by atoms with Crippen LogP contribution in [0.5, 0.6) is 0 Å². The van der Waals surface area contributed by atoms with Gasteiger partial charge in [0, 0.05) is 16.8 Å². The van der Waals surface area contributed by atoms with Crippen LogP contribution in [0.2, 0.25) is 0 Å². The molecule has 0 bridgehead atoms. The number of hydrogen-bond donors (Lipinski definition) is 3. The minimum absolute atomic E-state index is 0.0179. The highest BCUT2D eigenvalue weighted by Gasteiger charge is 2.19. The molecule has 1 amide bonds. The molecule has 2 rings (SSSR count). The predicted octanol–water partition coefficient (Wildman–Crippen LogP) is 0.277. The van der Waals surface area contributed by atoms with E-state index < -0.39 is 0 Å². The maximum absolute atomic E-state index is 12.1. The lowest BCUT2D eigenvalue weighted by molar-refractivity contribution is -0.908. The first-order valence-electron chi connectivity index (χ1n) is 8.55. The SMILES string of the molecule is CC(=O)c1ccc(NC(=O)C[NH2+]C[C@H](c2ccccc2)[NH+](C)C)cc1. The second kappa shape index (κ2) is 9.11. The zero-order chi connectivity index (χ0) is 18.2. The molecule has 0 aromatic heterocycles. The standard InChI is InChI=1S/C20H25N3O2/c1-15(24)16-9-11-18(12-10-16)22-20(25)14-21-13-19(23(2)3)17-7-5-4-6-8-17/h4-12,19,21H,13-14H2,1-3H3,(H,22,25)/p+2/t19-/m1/s1. The number of quaternary nitrogens is 2. The van der Waals surface area contributed by atoms with Crippen molar-refractivity contribution in [2.45, 2.75) is 13.0 Å². The van der Waals surface area contributed by atoms with Crippen LogP contribution < -0.4 is 15.5 Å². The average molecular weight is 341 g/mol. The van der Waals surface area contributed by atoms with Crippen molar-refractivity contribution in [3.8, 4) is 0 Å². The van der Waals surface area contributed by atoms with Gasteiger partial charge in [-0.3, -0.25) is 9.59 Å². The number of anilines is 1. The molecule has 5 heteroatoms. The third-order valence-corrected chi connectivity index (χ3v) is 4.21. The zero-order valence-corrected chi connectivity index (χ0v) is 15.1. The van der Waals surface area contributed by atoms with Crippen LogP contribution in [0, 0.1) is 0 Å². The predicted molar refractivity (Wildman–Crippen MR) is 98.7 cm³/mol. The van der Waals surface area contributed by atoms with Crippen molar-refractivity contribution >= 4 is 17.4 Å². The fourth-order valence-electron chi connectivity index (χ4n) is 2.77. The summed E-state index contributed by atoms with van der Waals surface area (Å²) in [6.45, 7) is 2.73. The van der Waals surface area contributed by atoms with Gasteiger partial charge in [0.2, 0.25) is 0 Å². The number of nitrogens with two attached hydrogens (primary N) is 1. The maximum atomic E-state index is 12.1. The van der Waals surface area contributed by atoms with E-state index >= 15 is 0 Å². The summed E-state index contributed by atoms with van der Waals surface area (Å²) in [6.07, 6.45) is 0. The van der Waals surface area contributed by atoms with Gasteiger partial charge in [-0.2, -0.15) is 0 Å². The van der Waals surface area contributed by atoms with Crippen molar-refractivity contribution in [1.29, 1.82) is 0 Å². The molecule has 0 fully saturated rings. The molecule has 0 spiro atoms. The number of rotatable bonds is 8. The summed E-state index contributed by atoms with van der Waals surface area (Å²) >= 11 is 0. The van der Waals surface area contributed by atoms with Gasteiger partial charge in [-0.05, 0) is 31.2 Å². The highest BCUT2D eigenvalue weighted by Crippen LogP contribution is 2.09. The van der Waals surface area contributed by atoms with Crippen LogP contribution in [0.3, 0.4) is 0 Å². The van der Waals surface area contributed by atoms with Gasteiger partial charge >= 0.3 is 0 Å². The molecule has 4 N–H and O–H groups in total. The number of carbonyl (C=O) groups is 2. The Labute approximate surface area is 149 Å². The average Bonchev–Trinajstić information content (AvgIpc) is 2.59. The molecule has 0 saturated carbocycles. The van der Waals surface area contributed by atoms with Gasteiger partial charge in [-0.25, -0.2) is 0 Å². The molecule has 5 nitrogen and oxygen atoms in total. The summed E-state index contributed by atoms with van der Waals surface area (Å²) in [5.74, 6) is -0.0273. The number of ketones is 1. The number of Topliss-reactive ketones (excluding diaryl/α,β-unsaturated/α-hetero) is 1. The van der Waals surface area contributed by atoms with Crippen LogP contribution in [0.4, 0.5) is 5.69 Å². The second-order valence-electron chi connectivity index (χ2n) is 6.45. The van der Waals surface area contributed by atoms with E-state index in [-0.39, 0.29) is 11.7 Å². The Balaban J connectivity index is 1.83. The maximum Gasteiger partial charge on any atom is 0.279 e. The van der Waals surface area contributed by atoms with Crippen molar-refractivity contribution in [1.82, 2.24) is 0 Å². The smallest absolute Gasteiger partial charge is 0.279 e. The number of nitrogens with one attached hydrogen (secondary N) is 2. The molecule has 0 aliphatic rings. The van der Waals surface area contributed by atoms with Crippen LogP contribution in [0.1, 0.15) is 28.9 Å². The Kier molecular flexibility index (Phi) is 6.86. The fourth-order valence-corrected chi connectivity index (χ4v) is 2.77. The highest BCUT2D eigenvalue weighted by atomic mass is 16.2. The number of benzene rings is 2. The first-order chi connectivity index (χ1) is 12.0. The lowest BCUT2D eigenvalue weighted by Crippen LogP contribution is -3.09. The van der Waals surface area contributed by atoms with Crippen molar-refractivity contribution in [2.24, 2.45) is 0 Å². The third kappa shape index (κ3) is 5.81. The summed E-state index contributed by atoms with van der Waals surface area (Å²) in [7, 11) is 4.25. The van der Waals surface area contributed by atoms with E-state index in [1.807, 2.05) is 23.5 Å². The van der Waals surface area contributed by atoms with E-state index in [0.29, 0.717) is 23.8 Å². The van der Waals surface area contributed by atoms with Crippen molar-refractivity contribution < 1.29 is 19.8 Å². The Bertz CT molecular complexity index is 697. The second-order valence-corrected chi connectivity index (χ2v) is 6.45. The first-order valence-corrected chi connectivity index (χ1v) is 8.55. The molecule has 0 aliphatic carbocycles. The van der Waals surface area contributed by atoms with E-state index in [1.165, 1.54) is 17.4 Å². The Morgan fingerprint density at radius 2 is 1.68 bits per heavy atom. The monoisotopic (exact) mass is 341 g/mol. The summed E-state index contributed by atoms with van der Waals surface area (Å²) in [5.41, 5.74) is 2.63. The zero-order valence-electron chi connectivity index (χ0n) is 15.1. The van der Waals surface area contributed by atoms with Crippen LogP contribution in [0.15, 0.2) is 54.6 Å². The largest absolute Gasteiger partial charge is 0.333 e. The number of likely N-dealkylation sites (N-methyl/N-ethyl adjacent to an activating group) is 1. The van der Waals surface area contributed by atoms with Gasteiger partial charge in [-0.1, -0.05) is 30.3 Å². The molecular formula is C20H27N3O2+2. The Morgan fingerprint density at radius 1 is 1.04 bits per heavy atom. The van der Waals surface area contributed by atoms with E-state index in [0.717, 1.165) is 6.54 Å². The first kappa shape index (κ1) is 18.8. The summed E-state index contributed by atoms with van der Waals surface area (Å²) in [6, 6.07) is 17.7. The van der Waals surface area contributed by atoms with Crippen LogP contribution in [-0.4, -0.2) is 38.9 Å². The van der Waals surface area contributed by atoms with Gasteiger partial charge in [0.15, 0.2) is 18.4 Å². The van der Waals surface area contributed by atoms with E-state index in [9.17, 15) is 9.59 Å². The van der Waals surface area contributed by atoms with Gasteiger partial charge in [0.05, 0.1) is 14.1 Å². The minimum atomic E-state index is -0.0452. The summed E-state index contributed by atoms with van der Waals surface area (Å²) < 4.78 is 0. The molecule has 2 aromatic rings. The molecule has 0 aliphatic heterocycles. The van der Waals surface area contributed by atoms with E-state index in [1.54, 1.807) is 24.3 Å². The number of amides is 1. The third-order valence-electron chi connectivity index (χ3n) is 4.21. The molecule has 0 radical (unpaired) electrons. The van der Waals surface area contributed by atoms with Crippen LogP contribution in [-0.2, 0) is 4.79 Å². The molecule has 2 aromatic carbocycles. The Morgan fingerprint density at radius 3 is 2.24 bits per heavy atom. The lowest BCUT2D eigenvalue weighted by Gasteiger charge is -2.20. The highest BCUT2D eigenvalue weighted by molar-refractivity contribution is 5.95. The fraction of sp³-hybridized carbons (Fsp3) is 0.300. The quantitative estimate of drug-likeness (QED) is 0.604. The molecule has 0 saturated heterocycles. The topological polar surface area (TPSA) is 67.2 Å². The number of hydrogen-bond acceptors (Lipinski definition) is 2. The molecule has 0 unspecified atom stereocenters. The Hall–Kier alpha value is -2.50. The molecular weight excluding hydrogens is 314 g/mol. The lowest BCUT2D eigenvalue weighted by atomic mass is 10.1. The van der Waals surface area contributed by atoms with Crippen molar-refractivity contribution in [3.05, 3.63) is 65.7 Å². The molecule has 25 heavy (non-hydrogen) atoms. The van der Waals surface area contributed by atoms with Gasteiger partial charge in [0.1, 0.15) is 6.54 Å². The van der Waals surface area contributed by atoms with Crippen LogP contribution >= 0.6 is 0 Å². The molecule has 132 valence electrons. The molecule has 0 heterocycles. The van der Waals surface area contributed by atoms with Gasteiger partial charge in [0.25, 0.3) is 5.91 Å². The summed E-state index contributed by atoms with van der Waals surface area (Å²) in [5, 5.41) is 4.89. The summed E-state index contributed by atoms with van der Waals surface area (Å²) in [4.78, 5) is 24.7. The minimum Gasteiger partial charge on any atom is -0.333 e. The van der Waals surface area contributed by atoms with Gasteiger partial charge < -0.3 is 15.5 Å². The van der Waals surface area contributed by atoms with E-state index in [2.05, 4.69) is 31.5 Å². The molecule has 1 atom stereocenters. The van der Waals surface area contributed by atoms with Crippen molar-refractivity contribution in [2.75, 3.05) is 32.5 Å². The normalized spacial score (nSPS) is 12.0. The number of carbonyl (C=O) groups excluding carboxylic acids is 2. The van der Waals surface area contributed by atoms with Crippen LogP contribution in [0.25, 0.3) is 0 Å². The van der Waals surface area contributed by atoms with Crippen molar-refractivity contribution in [3.63, 3.8) is 0 Å². The van der Waals surface area contributed by atoms with Gasteiger partial charge in [-0.15, -0.1) is 0 Å².